The number of hydrogen-bond acceptors (Lipinski definition) is 6. The summed E-state index contributed by atoms with van der Waals surface area (Å²) >= 11 is 1.63. The van der Waals surface area contributed by atoms with E-state index in [2.05, 4.69) is 34.4 Å². The molecule has 1 aliphatic heterocycles. The Morgan fingerprint density at radius 3 is 2.85 bits per heavy atom. The maximum Gasteiger partial charge on any atom is 0.419 e. The summed E-state index contributed by atoms with van der Waals surface area (Å²) in [5.74, 6) is -1.09. The number of piperazine rings is 1. The fourth-order valence-electron chi connectivity index (χ4n) is 6.43. The van der Waals surface area contributed by atoms with E-state index < -0.39 is 23.6 Å². The van der Waals surface area contributed by atoms with Gasteiger partial charge in [-0.05, 0) is 63.6 Å². The zero-order chi connectivity index (χ0) is 27.9. The Hall–Kier alpha value is -2.28. The second-order valence-electron chi connectivity index (χ2n) is 11.2. The third-order valence-electron chi connectivity index (χ3n) is 8.63. The van der Waals surface area contributed by atoms with Crippen LogP contribution in [0.2, 0.25) is 0 Å². The molecule has 0 radical (unpaired) electrons. The van der Waals surface area contributed by atoms with E-state index in [-0.39, 0.29) is 23.1 Å². The largest absolute Gasteiger partial charge is 0.419 e. The number of nitrogens with one attached hydrogen (secondary N) is 2. The second-order valence-corrected chi connectivity index (χ2v) is 12.3. The van der Waals surface area contributed by atoms with Gasteiger partial charge in [-0.3, -0.25) is 4.90 Å². The number of hydrogen-bond donors (Lipinski definition) is 3. The maximum atomic E-state index is 13.8. The fourth-order valence-corrected chi connectivity index (χ4v) is 7.52. The predicted molar refractivity (Wildman–Crippen MR) is 143 cm³/mol. The van der Waals surface area contributed by atoms with Crippen LogP contribution in [0.4, 0.5) is 28.0 Å². The highest BCUT2D eigenvalue weighted by Crippen LogP contribution is 2.66. The van der Waals surface area contributed by atoms with E-state index in [9.17, 15) is 22.4 Å². The molecule has 2 amide bonds. The first-order chi connectivity index (χ1) is 18.5. The van der Waals surface area contributed by atoms with Crippen molar-refractivity contribution in [1.82, 2.24) is 20.1 Å². The second kappa shape index (κ2) is 10.9. The highest BCUT2D eigenvalue weighted by atomic mass is 32.1. The highest BCUT2D eigenvalue weighted by Gasteiger charge is 2.64. The molecule has 12 heteroatoms. The minimum Gasteiger partial charge on any atom is -0.325 e. The van der Waals surface area contributed by atoms with Gasteiger partial charge >= 0.3 is 12.2 Å². The van der Waals surface area contributed by atoms with E-state index in [1.807, 2.05) is 6.20 Å². The molecule has 1 aromatic heterocycles. The van der Waals surface area contributed by atoms with Gasteiger partial charge in [-0.15, -0.1) is 11.3 Å². The number of alkyl halides is 3. The van der Waals surface area contributed by atoms with Crippen LogP contribution >= 0.6 is 11.3 Å². The standard InChI is InChI=1S/C27H36F4N6OS/c1-16-15-36(17(2)13-33-16)8-3-9-37(25(38)35-18-4-5-21(28)19(10-18)27(29,30)31)22-6-7-26(11-20(22)26)23-14-34-24(12-32)39-23/h4-5,10,14,16-17,20,22,33H,3,6-9,11-13,15,32H2,1-2H3,(H,35,38)/t16-,17+,20?,22-,26+/m1/s1. The van der Waals surface area contributed by atoms with Gasteiger partial charge in [0.05, 0.1) is 5.56 Å². The van der Waals surface area contributed by atoms with Crippen molar-refractivity contribution >= 4 is 23.1 Å². The quantitative estimate of drug-likeness (QED) is 0.399. The first kappa shape index (κ1) is 28.3. The molecule has 0 bridgehead atoms. The molecule has 2 saturated carbocycles. The van der Waals surface area contributed by atoms with E-state index in [1.165, 1.54) is 10.9 Å². The number of anilines is 1. The Morgan fingerprint density at radius 2 is 2.15 bits per heavy atom. The molecule has 3 aliphatic rings. The lowest BCUT2D eigenvalue weighted by atomic mass is 10.0. The first-order valence-corrected chi connectivity index (χ1v) is 14.4. The Morgan fingerprint density at radius 1 is 1.36 bits per heavy atom. The maximum absolute atomic E-state index is 13.8. The SMILES string of the molecule is C[C@@H]1CN(CCCN(C(=O)Nc2ccc(F)c(C(F)(F)F)c2)[C@@H]2CC[C@]3(c4cnc(CN)s4)CC23)[C@@H](C)CN1. The average molecular weight is 569 g/mol. The molecule has 1 unspecified atom stereocenters. The van der Waals surface area contributed by atoms with E-state index in [1.54, 1.807) is 16.2 Å². The third kappa shape index (κ3) is 5.79. The number of nitrogens with zero attached hydrogens (tertiary/aromatic N) is 3. The average Bonchev–Trinajstić information content (AvgIpc) is 3.22. The molecule has 1 aromatic carbocycles. The summed E-state index contributed by atoms with van der Waals surface area (Å²) in [5, 5.41) is 7.00. The number of halogens is 4. The normalized spacial score (nSPS) is 28.8. The van der Waals surface area contributed by atoms with Crippen molar-refractivity contribution in [2.24, 2.45) is 11.7 Å². The molecule has 2 aliphatic carbocycles. The Kier molecular flexibility index (Phi) is 7.93. The number of rotatable bonds is 8. The first-order valence-electron chi connectivity index (χ1n) is 13.6. The van der Waals surface area contributed by atoms with Crippen LogP contribution in [0.15, 0.2) is 24.4 Å². The van der Waals surface area contributed by atoms with E-state index in [0.717, 1.165) is 56.4 Å². The van der Waals surface area contributed by atoms with Crippen LogP contribution in [0.3, 0.4) is 0 Å². The summed E-state index contributed by atoms with van der Waals surface area (Å²) < 4.78 is 53.7. The van der Waals surface area contributed by atoms with Gasteiger partial charge in [0.15, 0.2) is 0 Å². The lowest BCUT2D eigenvalue weighted by Crippen LogP contribution is -2.54. The number of benzene rings is 1. The monoisotopic (exact) mass is 568 g/mol. The molecule has 2 aromatic rings. The summed E-state index contributed by atoms with van der Waals surface area (Å²) in [6, 6.07) is 2.88. The summed E-state index contributed by atoms with van der Waals surface area (Å²) in [6.07, 6.45) is 0.498. The van der Waals surface area contributed by atoms with Crippen molar-refractivity contribution in [3.05, 3.63) is 45.7 Å². The summed E-state index contributed by atoms with van der Waals surface area (Å²) in [7, 11) is 0. The minimum absolute atomic E-state index is 0.00387. The molecule has 1 saturated heterocycles. The molecule has 214 valence electrons. The van der Waals surface area contributed by atoms with Crippen LogP contribution in [0.25, 0.3) is 0 Å². The number of fused-ring (bicyclic) bond motifs is 1. The fraction of sp³-hybridized carbons (Fsp3) is 0.630. The smallest absolute Gasteiger partial charge is 0.325 e. The van der Waals surface area contributed by atoms with Gasteiger partial charge in [0.25, 0.3) is 0 Å². The molecule has 39 heavy (non-hydrogen) atoms. The molecule has 2 heterocycles. The zero-order valence-electron chi connectivity index (χ0n) is 22.2. The molecule has 5 atom stereocenters. The van der Waals surface area contributed by atoms with E-state index >= 15 is 0 Å². The number of urea groups is 1. The molecule has 3 fully saturated rings. The summed E-state index contributed by atoms with van der Waals surface area (Å²) in [4.78, 5) is 23.4. The van der Waals surface area contributed by atoms with Gasteiger partial charge in [0.2, 0.25) is 0 Å². The lowest BCUT2D eigenvalue weighted by molar-refractivity contribution is -0.139. The molecule has 5 rings (SSSR count). The van der Waals surface area contributed by atoms with Gasteiger partial charge in [0.1, 0.15) is 10.8 Å². The van der Waals surface area contributed by atoms with E-state index in [4.69, 9.17) is 5.73 Å². The van der Waals surface area contributed by atoms with Gasteiger partial charge in [0, 0.05) is 73.0 Å². The van der Waals surface area contributed by atoms with Gasteiger partial charge in [-0.1, -0.05) is 0 Å². The van der Waals surface area contributed by atoms with Crippen LogP contribution in [0.5, 0.6) is 0 Å². The van der Waals surface area contributed by atoms with Crippen molar-refractivity contribution in [2.45, 2.75) is 75.8 Å². The zero-order valence-corrected chi connectivity index (χ0v) is 23.0. The predicted octanol–water partition coefficient (Wildman–Crippen LogP) is 4.79. The van der Waals surface area contributed by atoms with Gasteiger partial charge in [-0.2, -0.15) is 13.2 Å². The number of carbonyl (C=O) groups excluding carboxylic acids is 1. The van der Waals surface area contributed by atoms with Crippen LogP contribution in [-0.2, 0) is 18.1 Å². The van der Waals surface area contributed by atoms with E-state index in [0.29, 0.717) is 31.2 Å². The van der Waals surface area contributed by atoms with Crippen LogP contribution < -0.4 is 16.4 Å². The minimum atomic E-state index is -4.85. The number of thiazole rings is 1. The van der Waals surface area contributed by atoms with Crippen molar-refractivity contribution in [3.63, 3.8) is 0 Å². The molecule has 4 N–H and O–H groups in total. The Bertz CT molecular complexity index is 1190. The lowest BCUT2D eigenvalue weighted by Gasteiger charge is -2.38. The van der Waals surface area contributed by atoms with Crippen molar-refractivity contribution < 1.29 is 22.4 Å². The number of nitrogens with two attached hydrogens (primary N) is 1. The number of amides is 2. The molecule has 0 spiro atoms. The number of aromatic nitrogens is 1. The van der Waals surface area contributed by atoms with Gasteiger partial charge < -0.3 is 21.3 Å². The summed E-state index contributed by atoms with van der Waals surface area (Å²) in [5.41, 5.74) is 4.31. The van der Waals surface area contributed by atoms with Crippen molar-refractivity contribution in [3.8, 4) is 0 Å². The van der Waals surface area contributed by atoms with Crippen LogP contribution in [0, 0.1) is 11.7 Å². The van der Waals surface area contributed by atoms with Crippen molar-refractivity contribution in [1.29, 1.82) is 0 Å². The topological polar surface area (TPSA) is 86.5 Å². The Labute approximate surface area is 230 Å². The highest BCUT2D eigenvalue weighted by molar-refractivity contribution is 7.11. The van der Waals surface area contributed by atoms with Gasteiger partial charge in [-0.25, -0.2) is 14.2 Å². The third-order valence-corrected chi connectivity index (χ3v) is 9.86. The molecular weight excluding hydrogens is 532 g/mol. The molecular formula is C27H36F4N6OS. The van der Waals surface area contributed by atoms with Crippen LogP contribution in [0.1, 0.15) is 55.0 Å². The van der Waals surface area contributed by atoms with Crippen LogP contribution in [-0.4, -0.2) is 65.1 Å². The Balaban J connectivity index is 1.32. The number of carbonyl (C=O) groups is 1. The molecule has 7 nitrogen and oxygen atoms in total. The van der Waals surface area contributed by atoms with Crippen molar-refractivity contribution in [2.75, 3.05) is 31.5 Å². The summed E-state index contributed by atoms with van der Waals surface area (Å²) in [6.45, 7) is 7.86.